The summed E-state index contributed by atoms with van der Waals surface area (Å²) in [7, 11) is 1.87. The highest BCUT2D eigenvalue weighted by Gasteiger charge is 2.01. The maximum absolute atomic E-state index is 4.52. The quantitative estimate of drug-likeness (QED) is 0.328. The Morgan fingerprint density at radius 1 is 1.41 bits per heavy atom. The maximum Gasteiger partial charge on any atom is 0.191 e. The molecule has 0 aromatic carbocycles. The van der Waals surface area contributed by atoms with Crippen molar-refractivity contribution in [2.45, 2.75) is 24.2 Å². The third-order valence-electron chi connectivity index (χ3n) is 2.78. The van der Waals surface area contributed by atoms with Gasteiger partial charge in [0.05, 0.1) is 0 Å². The molecule has 0 aliphatic heterocycles. The normalized spacial score (nSPS) is 11.6. The SMILES string of the molecule is CCNC(=NCc1ncnn1C)NCCCSc1nccs1. The molecule has 0 radical (unpaired) electrons. The number of nitrogens with one attached hydrogen (secondary N) is 2. The predicted octanol–water partition coefficient (Wildman–Crippen LogP) is 1.51. The van der Waals surface area contributed by atoms with Crippen molar-refractivity contribution in [3.05, 3.63) is 23.7 Å². The number of hydrogen-bond acceptors (Lipinski definition) is 6. The van der Waals surface area contributed by atoms with Crippen LogP contribution in [0.15, 0.2) is 27.2 Å². The monoisotopic (exact) mass is 339 g/mol. The van der Waals surface area contributed by atoms with Crippen LogP contribution in [0, 0.1) is 0 Å². The van der Waals surface area contributed by atoms with Crippen LogP contribution in [0.25, 0.3) is 0 Å². The van der Waals surface area contributed by atoms with Gasteiger partial charge < -0.3 is 10.6 Å². The van der Waals surface area contributed by atoms with E-state index in [1.165, 1.54) is 0 Å². The van der Waals surface area contributed by atoms with Crippen molar-refractivity contribution in [3.8, 4) is 0 Å². The van der Waals surface area contributed by atoms with Gasteiger partial charge in [-0.25, -0.2) is 15.0 Å². The lowest BCUT2D eigenvalue weighted by atomic mass is 10.5. The van der Waals surface area contributed by atoms with Gasteiger partial charge in [0.1, 0.15) is 23.0 Å². The summed E-state index contributed by atoms with van der Waals surface area (Å²) in [6, 6.07) is 0. The number of nitrogens with zero attached hydrogens (tertiary/aromatic N) is 5. The van der Waals surface area contributed by atoms with Crippen molar-refractivity contribution in [1.82, 2.24) is 30.4 Å². The molecule has 2 aromatic rings. The number of aryl methyl sites for hydroxylation is 1. The fourth-order valence-corrected chi connectivity index (χ4v) is 3.32. The number of aliphatic imine (C=N–C) groups is 1. The smallest absolute Gasteiger partial charge is 0.191 e. The number of hydrogen-bond donors (Lipinski definition) is 2. The summed E-state index contributed by atoms with van der Waals surface area (Å²) in [4.78, 5) is 12.9. The van der Waals surface area contributed by atoms with E-state index in [0.29, 0.717) is 6.54 Å². The van der Waals surface area contributed by atoms with E-state index in [9.17, 15) is 0 Å². The molecule has 0 saturated carbocycles. The number of thiazole rings is 1. The first kappa shape index (κ1) is 16.8. The Morgan fingerprint density at radius 2 is 2.32 bits per heavy atom. The van der Waals surface area contributed by atoms with Gasteiger partial charge >= 0.3 is 0 Å². The van der Waals surface area contributed by atoms with E-state index in [1.807, 2.05) is 18.6 Å². The summed E-state index contributed by atoms with van der Waals surface area (Å²) in [5, 5.41) is 12.6. The van der Waals surface area contributed by atoms with E-state index in [-0.39, 0.29) is 0 Å². The average Bonchev–Trinajstić information content (AvgIpc) is 3.16. The maximum atomic E-state index is 4.52. The second-order valence-corrected chi connectivity index (χ2v) is 6.66. The molecule has 0 aliphatic carbocycles. The lowest BCUT2D eigenvalue weighted by molar-refractivity contribution is 0.697. The van der Waals surface area contributed by atoms with E-state index >= 15 is 0 Å². The zero-order chi connectivity index (χ0) is 15.6. The zero-order valence-corrected chi connectivity index (χ0v) is 14.5. The summed E-state index contributed by atoms with van der Waals surface area (Å²) < 4.78 is 2.86. The molecule has 0 bridgehead atoms. The van der Waals surface area contributed by atoms with Gasteiger partial charge in [-0.1, -0.05) is 11.8 Å². The molecule has 0 unspecified atom stereocenters. The summed E-state index contributed by atoms with van der Waals surface area (Å²) in [5.74, 6) is 2.70. The summed E-state index contributed by atoms with van der Waals surface area (Å²) in [6.45, 7) is 4.28. The van der Waals surface area contributed by atoms with Crippen LogP contribution in [-0.4, -0.2) is 44.6 Å². The van der Waals surface area contributed by atoms with Gasteiger partial charge in [0.2, 0.25) is 0 Å². The van der Waals surface area contributed by atoms with Crippen LogP contribution in [0.4, 0.5) is 0 Å². The fraction of sp³-hybridized carbons (Fsp3) is 0.538. The van der Waals surface area contributed by atoms with E-state index in [0.717, 1.165) is 41.4 Å². The molecule has 0 atom stereocenters. The van der Waals surface area contributed by atoms with E-state index < -0.39 is 0 Å². The first-order valence-corrected chi connectivity index (χ1v) is 9.03. The minimum atomic E-state index is 0.514. The Bertz CT molecular complexity index is 565. The van der Waals surface area contributed by atoms with Crippen molar-refractivity contribution in [3.63, 3.8) is 0 Å². The predicted molar refractivity (Wildman–Crippen MR) is 91.3 cm³/mol. The Balaban J connectivity index is 1.70. The number of thioether (sulfide) groups is 1. The molecule has 120 valence electrons. The Morgan fingerprint density at radius 3 is 3.00 bits per heavy atom. The first-order valence-electron chi connectivity index (χ1n) is 7.17. The van der Waals surface area contributed by atoms with Gasteiger partial charge in [0.15, 0.2) is 5.96 Å². The van der Waals surface area contributed by atoms with Crippen LogP contribution in [0.3, 0.4) is 0 Å². The molecule has 2 aromatic heterocycles. The highest BCUT2D eigenvalue weighted by atomic mass is 32.2. The van der Waals surface area contributed by atoms with Gasteiger partial charge in [-0.2, -0.15) is 5.10 Å². The van der Waals surface area contributed by atoms with Gasteiger partial charge in [-0.15, -0.1) is 11.3 Å². The van der Waals surface area contributed by atoms with Gasteiger partial charge in [-0.05, 0) is 13.3 Å². The van der Waals surface area contributed by atoms with Gasteiger partial charge in [-0.3, -0.25) is 4.68 Å². The van der Waals surface area contributed by atoms with Crippen LogP contribution in [0.2, 0.25) is 0 Å². The van der Waals surface area contributed by atoms with Crippen LogP contribution >= 0.6 is 23.1 Å². The zero-order valence-electron chi connectivity index (χ0n) is 12.8. The van der Waals surface area contributed by atoms with Crippen LogP contribution < -0.4 is 10.6 Å². The number of rotatable bonds is 8. The van der Waals surface area contributed by atoms with Gasteiger partial charge in [0.25, 0.3) is 0 Å². The average molecular weight is 339 g/mol. The molecule has 9 heteroatoms. The molecular formula is C13H21N7S2. The number of guanidine groups is 1. The van der Waals surface area contributed by atoms with E-state index in [2.05, 4.69) is 37.6 Å². The van der Waals surface area contributed by atoms with Crippen molar-refractivity contribution in [2.75, 3.05) is 18.8 Å². The topological polar surface area (TPSA) is 80.0 Å². The van der Waals surface area contributed by atoms with Crippen LogP contribution in [0.1, 0.15) is 19.2 Å². The van der Waals surface area contributed by atoms with Crippen molar-refractivity contribution in [2.24, 2.45) is 12.0 Å². The van der Waals surface area contributed by atoms with Crippen molar-refractivity contribution < 1.29 is 0 Å². The lowest BCUT2D eigenvalue weighted by Gasteiger charge is -2.10. The minimum Gasteiger partial charge on any atom is -0.357 e. The summed E-state index contributed by atoms with van der Waals surface area (Å²) >= 11 is 3.47. The van der Waals surface area contributed by atoms with E-state index in [1.54, 1.807) is 34.1 Å². The van der Waals surface area contributed by atoms with Crippen LogP contribution in [0.5, 0.6) is 0 Å². The summed E-state index contributed by atoms with van der Waals surface area (Å²) in [5.41, 5.74) is 0. The van der Waals surface area contributed by atoms with Crippen LogP contribution in [-0.2, 0) is 13.6 Å². The minimum absolute atomic E-state index is 0.514. The number of aromatic nitrogens is 4. The molecule has 0 aliphatic rings. The summed E-state index contributed by atoms with van der Waals surface area (Å²) in [6.07, 6.45) is 4.44. The molecular weight excluding hydrogens is 318 g/mol. The third-order valence-corrected chi connectivity index (χ3v) is 4.83. The molecule has 2 N–H and O–H groups in total. The highest BCUT2D eigenvalue weighted by molar-refractivity contribution is 8.00. The second kappa shape index (κ2) is 9.42. The molecule has 0 amide bonds. The Labute approximate surface area is 138 Å². The van der Waals surface area contributed by atoms with Crippen molar-refractivity contribution in [1.29, 1.82) is 0 Å². The molecule has 0 spiro atoms. The molecule has 2 rings (SSSR count). The highest BCUT2D eigenvalue weighted by Crippen LogP contribution is 2.20. The molecule has 0 fully saturated rings. The Kier molecular flexibility index (Phi) is 7.17. The fourth-order valence-electron chi connectivity index (χ4n) is 1.67. The molecule has 0 saturated heterocycles. The first-order chi connectivity index (χ1) is 10.8. The second-order valence-electron chi connectivity index (χ2n) is 4.42. The lowest BCUT2D eigenvalue weighted by Crippen LogP contribution is -2.38. The standard InChI is InChI=1S/C13H21N7S2/c1-3-14-12(17-9-11-18-10-19-20(11)2)15-5-4-7-21-13-16-6-8-22-13/h6,8,10H,3-5,7,9H2,1-2H3,(H2,14,15,17). The van der Waals surface area contributed by atoms with Crippen molar-refractivity contribution >= 4 is 29.1 Å². The molecule has 22 heavy (non-hydrogen) atoms. The molecule has 2 heterocycles. The van der Waals surface area contributed by atoms with Gasteiger partial charge in [0, 0.05) is 37.5 Å². The Hall–Kier alpha value is -1.61. The largest absolute Gasteiger partial charge is 0.357 e. The van der Waals surface area contributed by atoms with E-state index in [4.69, 9.17) is 0 Å². The third kappa shape index (κ3) is 5.64. The molecule has 7 nitrogen and oxygen atoms in total.